The molecule has 19 heavy (non-hydrogen) atoms. The summed E-state index contributed by atoms with van der Waals surface area (Å²) in [6, 6.07) is 10.7. The number of nitrogens with two attached hydrogens (primary N) is 2. The van der Waals surface area contributed by atoms with E-state index in [-0.39, 0.29) is 0 Å². The molecule has 5 heteroatoms. The largest absolute Gasteiger partial charge is 0.497 e. The molecule has 5 nitrogen and oxygen atoms in total. The average Bonchev–Trinajstić information content (AvgIpc) is 2.80. The molecule has 0 unspecified atom stereocenters. The number of oxazole rings is 1. The third-order valence-corrected chi connectivity index (χ3v) is 2.82. The Morgan fingerprint density at radius 2 is 1.79 bits per heavy atom. The molecule has 0 saturated heterocycles. The monoisotopic (exact) mass is 255 g/mol. The number of methoxy groups -OCH3 is 1. The first-order valence-corrected chi connectivity index (χ1v) is 5.77. The smallest absolute Gasteiger partial charge is 0.227 e. The molecule has 2 aromatic carbocycles. The van der Waals surface area contributed by atoms with E-state index in [1.165, 1.54) is 0 Å². The highest BCUT2D eigenvalue weighted by molar-refractivity contribution is 5.79. The highest BCUT2D eigenvalue weighted by atomic mass is 16.5. The second-order valence-electron chi connectivity index (χ2n) is 4.24. The quantitative estimate of drug-likeness (QED) is 0.687. The van der Waals surface area contributed by atoms with E-state index in [1.54, 1.807) is 25.3 Å². The molecule has 0 atom stereocenters. The van der Waals surface area contributed by atoms with Gasteiger partial charge in [0.1, 0.15) is 11.3 Å². The molecule has 4 N–H and O–H groups in total. The molecule has 3 rings (SSSR count). The van der Waals surface area contributed by atoms with E-state index < -0.39 is 0 Å². The third kappa shape index (κ3) is 2.06. The van der Waals surface area contributed by atoms with Crippen molar-refractivity contribution in [1.82, 2.24) is 4.98 Å². The van der Waals surface area contributed by atoms with E-state index in [1.807, 2.05) is 18.2 Å². The molecule has 0 aliphatic heterocycles. The lowest BCUT2D eigenvalue weighted by atomic mass is 10.2. The van der Waals surface area contributed by atoms with Crippen molar-refractivity contribution in [2.75, 3.05) is 18.6 Å². The van der Waals surface area contributed by atoms with Crippen LogP contribution in [0, 0.1) is 0 Å². The number of nitrogen functional groups attached to an aromatic ring is 2. The third-order valence-electron chi connectivity index (χ3n) is 2.82. The number of hydrogen-bond donors (Lipinski definition) is 2. The molecular weight excluding hydrogens is 242 g/mol. The first-order chi connectivity index (χ1) is 9.15. The molecular formula is C14H13N3O2. The van der Waals surface area contributed by atoms with Crippen molar-refractivity contribution >= 4 is 22.5 Å². The Balaban J connectivity index is 2.14. The predicted molar refractivity (Wildman–Crippen MR) is 74.8 cm³/mol. The SMILES string of the molecule is COc1ccc2oc(-c3cc(N)cc(N)c3)nc2c1. The Kier molecular flexibility index (Phi) is 2.52. The van der Waals surface area contributed by atoms with Crippen molar-refractivity contribution in [1.29, 1.82) is 0 Å². The number of fused-ring (bicyclic) bond motifs is 1. The van der Waals surface area contributed by atoms with Crippen molar-refractivity contribution in [3.05, 3.63) is 36.4 Å². The van der Waals surface area contributed by atoms with E-state index in [2.05, 4.69) is 4.98 Å². The van der Waals surface area contributed by atoms with E-state index in [4.69, 9.17) is 20.6 Å². The fraction of sp³-hybridized carbons (Fsp3) is 0.0714. The normalized spacial score (nSPS) is 10.8. The average molecular weight is 255 g/mol. The molecule has 1 aromatic heterocycles. The van der Waals surface area contributed by atoms with Gasteiger partial charge in [0.25, 0.3) is 0 Å². The fourth-order valence-corrected chi connectivity index (χ4v) is 1.96. The van der Waals surface area contributed by atoms with Gasteiger partial charge in [-0.1, -0.05) is 0 Å². The number of ether oxygens (including phenoxy) is 1. The van der Waals surface area contributed by atoms with Crippen molar-refractivity contribution in [3.8, 4) is 17.2 Å². The summed E-state index contributed by atoms with van der Waals surface area (Å²) in [7, 11) is 1.61. The van der Waals surface area contributed by atoms with Crippen molar-refractivity contribution < 1.29 is 9.15 Å². The molecule has 0 amide bonds. The van der Waals surface area contributed by atoms with Gasteiger partial charge in [0.2, 0.25) is 5.89 Å². The first-order valence-electron chi connectivity index (χ1n) is 5.77. The summed E-state index contributed by atoms with van der Waals surface area (Å²) in [5.74, 6) is 1.22. The van der Waals surface area contributed by atoms with Gasteiger partial charge >= 0.3 is 0 Å². The van der Waals surface area contributed by atoms with Gasteiger partial charge in [0.05, 0.1) is 7.11 Å². The van der Waals surface area contributed by atoms with Crippen LogP contribution in [-0.4, -0.2) is 12.1 Å². The Bertz CT molecular complexity index is 729. The van der Waals surface area contributed by atoms with Crippen LogP contribution in [-0.2, 0) is 0 Å². The van der Waals surface area contributed by atoms with Crippen LogP contribution in [0.4, 0.5) is 11.4 Å². The molecule has 0 radical (unpaired) electrons. The van der Waals surface area contributed by atoms with Crippen LogP contribution in [0.1, 0.15) is 0 Å². The Labute approximate surface area is 109 Å². The lowest BCUT2D eigenvalue weighted by Gasteiger charge is -2.00. The molecule has 0 bridgehead atoms. The van der Waals surface area contributed by atoms with Gasteiger partial charge in [0.15, 0.2) is 5.58 Å². The molecule has 3 aromatic rings. The Hall–Kier alpha value is -2.69. The number of nitrogens with zero attached hydrogens (tertiary/aromatic N) is 1. The number of aromatic nitrogens is 1. The minimum atomic E-state index is 0.488. The molecule has 96 valence electrons. The van der Waals surface area contributed by atoms with Gasteiger partial charge < -0.3 is 20.6 Å². The van der Waals surface area contributed by atoms with Crippen molar-refractivity contribution in [3.63, 3.8) is 0 Å². The lowest BCUT2D eigenvalue weighted by molar-refractivity contribution is 0.415. The molecule has 1 heterocycles. The van der Waals surface area contributed by atoms with Crippen LogP contribution in [0.15, 0.2) is 40.8 Å². The standard InChI is InChI=1S/C14H13N3O2/c1-18-11-2-3-13-12(7-11)17-14(19-13)8-4-9(15)6-10(16)5-8/h2-7H,15-16H2,1H3. The van der Waals surface area contributed by atoms with Crippen molar-refractivity contribution in [2.24, 2.45) is 0 Å². The highest BCUT2D eigenvalue weighted by Gasteiger charge is 2.10. The zero-order valence-electron chi connectivity index (χ0n) is 10.4. The van der Waals surface area contributed by atoms with Crippen LogP contribution < -0.4 is 16.2 Å². The minimum Gasteiger partial charge on any atom is -0.497 e. The fourth-order valence-electron chi connectivity index (χ4n) is 1.96. The van der Waals surface area contributed by atoms with Crippen LogP contribution >= 0.6 is 0 Å². The van der Waals surface area contributed by atoms with Gasteiger partial charge in [0, 0.05) is 23.0 Å². The zero-order valence-corrected chi connectivity index (χ0v) is 10.4. The molecule has 0 spiro atoms. The van der Waals surface area contributed by atoms with Crippen LogP contribution in [0.25, 0.3) is 22.6 Å². The highest BCUT2D eigenvalue weighted by Crippen LogP contribution is 2.29. The summed E-state index contributed by atoms with van der Waals surface area (Å²) in [6.07, 6.45) is 0. The first kappa shape index (κ1) is 11.4. The summed E-state index contributed by atoms with van der Waals surface area (Å²) >= 11 is 0. The van der Waals surface area contributed by atoms with E-state index in [0.29, 0.717) is 22.8 Å². The Morgan fingerprint density at radius 3 is 2.47 bits per heavy atom. The second-order valence-corrected chi connectivity index (χ2v) is 4.24. The van der Waals surface area contributed by atoms with Gasteiger partial charge in [-0.3, -0.25) is 0 Å². The minimum absolute atomic E-state index is 0.488. The molecule has 0 aliphatic rings. The predicted octanol–water partition coefficient (Wildman–Crippen LogP) is 2.67. The summed E-state index contributed by atoms with van der Waals surface area (Å²) in [4.78, 5) is 4.42. The van der Waals surface area contributed by atoms with Gasteiger partial charge in [-0.25, -0.2) is 4.98 Å². The van der Waals surface area contributed by atoms with Gasteiger partial charge in [-0.05, 0) is 30.3 Å². The maximum Gasteiger partial charge on any atom is 0.227 e. The van der Waals surface area contributed by atoms with Crippen LogP contribution in [0.5, 0.6) is 5.75 Å². The zero-order chi connectivity index (χ0) is 13.4. The Morgan fingerprint density at radius 1 is 1.05 bits per heavy atom. The van der Waals surface area contributed by atoms with Gasteiger partial charge in [-0.2, -0.15) is 0 Å². The van der Waals surface area contributed by atoms with E-state index >= 15 is 0 Å². The number of hydrogen-bond acceptors (Lipinski definition) is 5. The van der Waals surface area contributed by atoms with Crippen molar-refractivity contribution in [2.45, 2.75) is 0 Å². The number of anilines is 2. The molecule has 0 fully saturated rings. The number of rotatable bonds is 2. The maximum absolute atomic E-state index is 5.77. The molecule has 0 saturated carbocycles. The van der Waals surface area contributed by atoms with E-state index in [0.717, 1.165) is 16.8 Å². The summed E-state index contributed by atoms with van der Waals surface area (Å²) in [6.45, 7) is 0. The second kappa shape index (κ2) is 4.20. The van der Waals surface area contributed by atoms with Crippen LogP contribution in [0.3, 0.4) is 0 Å². The topological polar surface area (TPSA) is 87.3 Å². The lowest BCUT2D eigenvalue weighted by Crippen LogP contribution is -1.91. The number of benzene rings is 2. The summed E-state index contributed by atoms with van der Waals surface area (Å²) in [5, 5.41) is 0. The molecule has 0 aliphatic carbocycles. The van der Waals surface area contributed by atoms with Crippen LogP contribution in [0.2, 0.25) is 0 Å². The summed E-state index contributed by atoms with van der Waals surface area (Å²) < 4.78 is 10.8. The van der Waals surface area contributed by atoms with Gasteiger partial charge in [-0.15, -0.1) is 0 Å². The van der Waals surface area contributed by atoms with E-state index in [9.17, 15) is 0 Å². The summed E-state index contributed by atoms with van der Waals surface area (Å²) in [5.41, 5.74) is 14.9. The maximum atomic E-state index is 5.77.